The van der Waals surface area contributed by atoms with E-state index < -0.39 is 11.6 Å². The molecule has 0 saturated carbocycles. The van der Waals surface area contributed by atoms with Crippen LogP contribution in [0.15, 0.2) is 12.1 Å². The first-order valence-corrected chi connectivity index (χ1v) is 4.51. The highest BCUT2D eigenvalue weighted by Crippen LogP contribution is 2.25. The van der Waals surface area contributed by atoms with Gasteiger partial charge in [0.05, 0.1) is 0 Å². The summed E-state index contributed by atoms with van der Waals surface area (Å²) in [7, 11) is 0. The second kappa shape index (κ2) is 3.86. The Morgan fingerprint density at radius 2 is 1.92 bits per heavy atom. The highest BCUT2D eigenvalue weighted by molar-refractivity contribution is 5.30. The van der Waals surface area contributed by atoms with E-state index in [1.807, 2.05) is 13.8 Å². The molecule has 0 saturated heterocycles. The van der Waals surface area contributed by atoms with Crippen molar-refractivity contribution in [2.45, 2.75) is 33.1 Å². The van der Waals surface area contributed by atoms with E-state index >= 15 is 0 Å². The molecule has 0 aliphatic rings. The molecule has 0 aliphatic heterocycles. The fourth-order valence-electron chi connectivity index (χ4n) is 1.40. The van der Waals surface area contributed by atoms with Crippen molar-refractivity contribution >= 4 is 0 Å². The van der Waals surface area contributed by atoms with E-state index in [1.54, 1.807) is 6.92 Å². The molecule has 2 heteroatoms. The molecule has 0 amide bonds. The summed E-state index contributed by atoms with van der Waals surface area (Å²) >= 11 is 0. The van der Waals surface area contributed by atoms with Crippen LogP contribution in [0.25, 0.3) is 0 Å². The van der Waals surface area contributed by atoms with E-state index in [0.717, 1.165) is 18.1 Å². The van der Waals surface area contributed by atoms with Crippen LogP contribution in [0.1, 0.15) is 37.3 Å². The van der Waals surface area contributed by atoms with E-state index in [-0.39, 0.29) is 5.92 Å². The predicted molar refractivity (Wildman–Crippen MR) is 49.8 cm³/mol. The first-order valence-electron chi connectivity index (χ1n) is 4.51. The molecule has 0 bridgehead atoms. The Morgan fingerprint density at radius 3 is 2.46 bits per heavy atom. The van der Waals surface area contributed by atoms with Gasteiger partial charge in [-0.25, -0.2) is 8.78 Å². The maximum absolute atomic E-state index is 13.1. The Bertz CT molecular complexity index is 305. The van der Waals surface area contributed by atoms with Crippen molar-refractivity contribution in [2.75, 3.05) is 0 Å². The predicted octanol–water partition coefficient (Wildman–Crippen LogP) is 3.79. The molecule has 0 fully saturated rings. The van der Waals surface area contributed by atoms with Crippen LogP contribution in [0.5, 0.6) is 0 Å². The molecule has 0 N–H and O–H groups in total. The molecular formula is C11H14F2. The molecule has 1 aromatic carbocycles. The molecule has 0 spiro atoms. The fourth-order valence-corrected chi connectivity index (χ4v) is 1.40. The third kappa shape index (κ3) is 2.06. The van der Waals surface area contributed by atoms with E-state index in [4.69, 9.17) is 0 Å². The third-order valence-electron chi connectivity index (χ3n) is 2.49. The zero-order chi connectivity index (χ0) is 10.0. The molecule has 0 radical (unpaired) electrons. The van der Waals surface area contributed by atoms with Crippen molar-refractivity contribution in [3.05, 3.63) is 34.9 Å². The lowest BCUT2D eigenvalue weighted by atomic mass is 9.94. The van der Waals surface area contributed by atoms with Gasteiger partial charge in [0, 0.05) is 6.07 Å². The lowest BCUT2D eigenvalue weighted by Crippen LogP contribution is -1.99. The Kier molecular flexibility index (Phi) is 3.02. The summed E-state index contributed by atoms with van der Waals surface area (Å²) in [5.74, 6) is -0.723. The van der Waals surface area contributed by atoms with Crippen LogP contribution in [0, 0.1) is 18.6 Å². The Morgan fingerprint density at radius 1 is 1.31 bits per heavy atom. The Labute approximate surface area is 77.6 Å². The zero-order valence-electron chi connectivity index (χ0n) is 8.20. The standard InChI is InChI=1S/C11H14F2/c1-4-7(2)10-5-9(12)6-11(13)8(10)3/h5-7H,4H2,1-3H3. The largest absolute Gasteiger partial charge is 0.207 e. The molecule has 0 aliphatic carbocycles. The molecule has 1 rings (SSSR count). The van der Waals surface area contributed by atoms with Gasteiger partial charge in [-0.1, -0.05) is 13.8 Å². The van der Waals surface area contributed by atoms with Gasteiger partial charge in [0.2, 0.25) is 0 Å². The van der Waals surface area contributed by atoms with Crippen molar-refractivity contribution < 1.29 is 8.78 Å². The fraction of sp³-hybridized carbons (Fsp3) is 0.455. The van der Waals surface area contributed by atoms with E-state index in [9.17, 15) is 8.78 Å². The van der Waals surface area contributed by atoms with Crippen molar-refractivity contribution in [1.82, 2.24) is 0 Å². The number of benzene rings is 1. The molecular weight excluding hydrogens is 170 g/mol. The van der Waals surface area contributed by atoms with Crippen LogP contribution in [-0.2, 0) is 0 Å². The number of halogens is 2. The van der Waals surface area contributed by atoms with Gasteiger partial charge in [0.15, 0.2) is 0 Å². The first-order chi connectivity index (χ1) is 6.06. The lowest BCUT2D eigenvalue weighted by molar-refractivity contribution is 0.566. The van der Waals surface area contributed by atoms with Gasteiger partial charge >= 0.3 is 0 Å². The summed E-state index contributed by atoms with van der Waals surface area (Å²) in [6, 6.07) is 2.35. The quantitative estimate of drug-likeness (QED) is 0.656. The third-order valence-corrected chi connectivity index (χ3v) is 2.49. The number of hydrogen-bond donors (Lipinski definition) is 0. The molecule has 1 aromatic rings. The van der Waals surface area contributed by atoms with Crippen LogP contribution in [0.2, 0.25) is 0 Å². The SMILES string of the molecule is CCC(C)c1cc(F)cc(F)c1C. The summed E-state index contributed by atoms with van der Waals surface area (Å²) in [6.45, 7) is 5.67. The molecule has 13 heavy (non-hydrogen) atoms. The highest BCUT2D eigenvalue weighted by Gasteiger charge is 2.11. The molecule has 0 aromatic heterocycles. The first kappa shape index (κ1) is 10.2. The number of hydrogen-bond acceptors (Lipinski definition) is 0. The monoisotopic (exact) mass is 184 g/mol. The normalized spacial score (nSPS) is 13.0. The van der Waals surface area contributed by atoms with Crippen molar-refractivity contribution in [1.29, 1.82) is 0 Å². The van der Waals surface area contributed by atoms with E-state index in [2.05, 4.69) is 0 Å². The second-order valence-electron chi connectivity index (χ2n) is 3.41. The van der Waals surface area contributed by atoms with E-state index in [0.29, 0.717) is 5.56 Å². The van der Waals surface area contributed by atoms with Gasteiger partial charge in [-0.3, -0.25) is 0 Å². The van der Waals surface area contributed by atoms with Crippen molar-refractivity contribution in [3.8, 4) is 0 Å². The molecule has 0 nitrogen and oxygen atoms in total. The zero-order valence-corrected chi connectivity index (χ0v) is 8.20. The minimum atomic E-state index is -0.488. The Hall–Kier alpha value is -0.920. The summed E-state index contributed by atoms with van der Waals surface area (Å²) in [4.78, 5) is 0. The summed E-state index contributed by atoms with van der Waals surface area (Å²) in [5, 5.41) is 0. The lowest BCUT2D eigenvalue weighted by Gasteiger charge is -2.12. The van der Waals surface area contributed by atoms with Crippen LogP contribution in [0.4, 0.5) is 8.78 Å². The summed E-state index contributed by atoms with van der Waals surface area (Å²) in [6.07, 6.45) is 0.893. The van der Waals surface area contributed by atoms with Gasteiger partial charge in [0.1, 0.15) is 11.6 Å². The van der Waals surface area contributed by atoms with Gasteiger partial charge in [-0.2, -0.15) is 0 Å². The average Bonchev–Trinajstić information content (AvgIpc) is 2.10. The smallest absolute Gasteiger partial charge is 0.129 e. The average molecular weight is 184 g/mol. The van der Waals surface area contributed by atoms with Gasteiger partial charge < -0.3 is 0 Å². The maximum Gasteiger partial charge on any atom is 0.129 e. The second-order valence-corrected chi connectivity index (χ2v) is 3.41. The minimum absolute atomic E-state index is 0.213. The van der Waals surface area contributed by atoms with Crippen LogP contribution >= 0.6 is 0 Å². The van der Waals surface area contributed by atoms with Crippen LogP contribution in [0.3, 0.4) is 0 Å². The summed E-state index contributed by atoms with van der Waals surface area (Å²) in [5.41, 5.74) is 1.34. The molecule has 1 unspecified atom stereocenters. The van der Waals surface area contributed by atoms with Crippen molar-refractivity contribution in [2.24, 2.45) is 0 Å². The highest BCUT2D eigenvalue weighted by atomic mass is 19.1. The van der Waals surface area contributed by atoms with Crippen molar-refractivity contribution in [3.63, 3.8) is 0 Å². The van der Waals surface area contributed by atoms with Gasteiger partial charge in [-0.05, 0) is 36.5 Å². The summed E-state index contributed by atoms with van der Waals surface area (Å²) < 4.78 is 26.0. The number of rotatable bonds is 2. The topological polar surface area (TPSA) is 0 Å². The van der Waals surface area contributed by atoms with Crippen LogP contribution in [-0.4, -0.2) is 0 Å². The molecule has 1 atom stereocenters. The van der Waals surface area contributed by atoms with Gasteiger partial charge in [0.25, 0.3) is 0 Å². The Balaban J connectivity index is 3.20. The maximum atomic E-state index is 13.1. The molecule has 72 valence electrons. The van der Waals surface area contributed by atoms with Crippen LogP contribution < -0.4 is 0 Å². The van der Waals surface area contributed by atoms with E-state index in [1.165, 1.54) is 6.07 Å². The molecule has 0 heterocycles. The van der Waals surface area contributed by atoms with Gasteiger partial charge in [-0.15, -0.1) is 0 Å². The minimum Gasteiger partial charge on any atom is -0.207 e.